The monoisotopic (exact) mass is 266 g/mol. The molecule has 0 spiro atoms. The van der Waals surface area contributed by atoms with Crippen LogP contribution in [0.15, 0.2) is 18.3 Å². The zero-order chi connectivity index (χ0) is 13.8. The van der Waals surface area contributed by atoms with Crippen LogP contribution < -0.4 is 0 Å². The molecule has 1 unspecified atom stereocenters. The molecular weight excluding hydrogens is 244 g/mol. The van der Waals surface area contributed by atoms with Crippen LogP contribution in [0, 0.1) is 0 Å². The molecule has 5 heteroatoms. The molecule has 5 nitrogen and oxygen atoms in total. The van der Waals surface area contributed by atoms with Gasteiger partial charge in [-0.25, -0.2) is 4.79 Å². The Labute approximate surface area is 113 Å². The summed E-state index contributed by atoms with van der Waals surface area (Å²) >= 11 is 0. The van der Waals surface area contributed by atoms with Crippen molar-refractivity contribution in [1.82, 2.24) is 9.47 Å². The van der Waals surface area contributed by atoms with Crippen LogP contribution >= 0.6 is 0 Å². The summed E-state index contributed by atoms with van der Waals surface area (Å²) in [5.74, 6) is -0.847. The molecule has 0 aromatic carbocycles. The number of carboxylic acid groups (broad SMARTS) is 1. The van der Waals surface area contributed by atoms with E-state index in [0.717, 1.165) is 32.5 Å². The van der Waals surface area contributed by atoms with Crippen molar-refractivity contribution in [3.8, 4) is 0 Å². The van der Waals surface area contributed by atoms with Crippen LogP contribution in [0.2, 0.25) is 0 Å². The highest BCUT2D eigenvalue weighted by molar-refractivity contribution is 5.85. The molecule has 0 radical (unpaired) electrons. The number of carbonyl (C=O) groups is 1. The highest BCUT2D eigenvalue weighted by Gasteiger charge is 2.23. The van der Waals surface area contributed by atoms with E-state index in [-0.39, 0.29) is 6.10 Å². The fourth-order valence-electron chi connectivity index (χ4n) is 2.71. The molecule has 0 amide bonds. The van der Waals surface area contributed by atoms with E-state index in [1.54, 1.807) is 13.2 Å². The molecular formula is C14H22N2O3. The molecule has 1 saturated heterocycles. The second-order valence-electron chi connectivity index (χ2n) is 5.18. The lowest BCUT2D eigenvalue weighted by molar-refractivity contribution is 0.0614. The molecule has 1 aliphatic heterocycles. The maximum atomic E-state index is 11.1. The summed E-state index contributed by atoms with van der Waals surface area (Å²) in [4.78, 5) is 13.5. The number of methoxy groups -OCH3 is 1. The number of likely N-dealkylation sites (tertiary alicyclic amines) is 1. The van der Waals surface area contributed by atoms with Gasteiger partial charge >= 0.3 is 5.97 Å². The van der Waals surface area contributed by atoms with Crippen molar-refractivity contribution in [2.75, 3.05) is 26.7 Å². The number of hydrogen-bond acceptors (Lipinski definition) is 3. The zero-order valence-corrected chi connectivity index (χ0v) is 11.6. The van der Waals surface area contributed by atoms with Gasteiger partial charge in [-0.1, -0.05) is 0 Å². The average molecular weight is 266 g/mol. The van der Waals surface area contributed by atoms with Crippen molar-refractivity contribution in [2.45, 2.75) is 31.9 Å². The number of piperidine rings is 1. The topological polar surface area (TPSA) is 54.7 Å². The number of rotatable bonds is 5. The Morgan fingerprint density at radius 2 is 2.21 bits per heavy atom. The Hall–Kier alpha value is -1.33. The van der Waals surface area contributed by atoms with Crippen molar-refractivity contribution in [3.63, 3.8) is 0 Å². The number of nitrogens with zero attached hydrogens (tertiary/aromatic N) is 2. The van der Waals surface area contributed by atoms with E-state index >= 15 is 0 Å². The molecule has 1 aromatic heterocycles. The Balaban J connectivity index is 1.92. The summed E-state index contributed by atoms with van der Waals surface area (Å²) in [5.41, 5.74) is 0.392. The quantitative estimate of drug-likeness (QED) is 0.884. The van der Waals surface area contributed by atoms with Crippen molar-refractivity contribution >= 4 is 5.97 Å². The number of hydrogen-bond donors (Lipinski definition) is 1. The third-order valence-electron chi connectivity index (χ3n) is 3.87. The molecule has 2 heterocycles. The summed E-state index contributed by atoms with van der Waals surface area (Å²) in [7, 11) is 1.73. The predicted octanol–water partition coefficient (Wildman–Crippen LogP) is 1.86. The maximum absolute atomic E-state index is 11.1. The predicted molar refractivity (Wildman–Crippen MR) is 72.6 cm³/mol. The third kappa shape index (κ3) is 3.36. The van der Waals surface area contributed by atoms with Gasteiger partial charge < -0.3 is 19.3 Å². The second kappa shape index (κ2) is 6.21. The third-order valence-corrected chi connectivity index (χ3v) is 3.87. The molecule has 1 aliphatic rings. The molecule has 1 N–H and O–H groups in total. The largest absolute Gasteiger partial charge is 0.477 e. The first-order chi connectivity index (χ1) is 9.11. The molecule has 0 bridgehead atoms. The normalized spacial score (nSPS) is 19.5. The highest BCUT2D eigenvalue weighted by Crippen LogP contribution is 2.24. The summed E-state index contributed by atoms with van der Waals surface area (Å²) < 4.78 is 7.18. The van der Waals surface area contributed by atoms with Crippen LogP contribution in [0.3, 0.4) is 0 Å². The summed E-state index contributed by atoms with van der Waals surface area (Å²) in [6.45, 7) is 5.01. The van der Waals surface area contributed by atoms with Gasteiger partial charge in [0.25, 0.3) is 0 Å². The fraction of sp³-hybridized carbons (Fsp3) is 0.643. The first kappa shape index (κ1) is 14.1. The van der Waals surface area contributed by atoms with Gasteiger partial charge in [0, 0.05) is 39.0 Å². The van der Waals surface area contributed by atoms with Crippen LogP contribution in [0.5, 0.6) is 0 Å². The number of ether oxygens (including phenoxy) is 1. The minimum atomic E-state index is -0.847. The molecule has 2 rings (SSSR count). The second-order valence-corrected chi connectivity index (χ2v) is 5.18. The molecule has 19 heavy (non-hydrogen) atoms. The minimum Gasteiger partial charge on any atom is -0.477 e. The standard InChI is InChI=1S/C14H22N2O3/c1-11(19-2)10-15-8-5-12(6-9-15)16-7-3-4-13(16)14(17)18/h3-4,7,11-12H,5-6,8-10H2,1-2H3,(H,17,18). The molecule has 0 saturated carbocycles. The van der Waals surface area contributed by atoms with Crippen LogP contribution in [-0.4, -0.2) is 53.4 Å². The summed E-state index contributed by atoms with van der Waals surface area (Å²) in [6, 6.07) is 3.78. The molecule has 1 atom stereocenters. The van der Waals surface area contributed by atoms with Crippen molar-refractivity contribution in [3.05, 3.63) is 24.0 Å². The van der Waals surface area contributed by atoms with Crippen molar-refractivity contribution in [1.29, 1.82) is 0 Å². The van der Waals surface area contributed by atoms with E-state index < -0.39 is 5.97 Å². The Bertz CT molecular complexity index is 422. The van der Waals surface area contributed by atoms with E-state index in [2.05, 4.69) is 11.8 Å². The first-order valence-electron chi connectivity index (χ1n) is 6.77. The number of aromatic carboxylic acids is 1. The smallest absolute Gasteiger partial charge is 0.352 e. The van der Waals surface area contributed by atoms with Gasteiger partial charge in [-0.15, -0.1) is 0 Å². The Kier molecular flexibility index (Phi) is 4.61. The minimum absolute atomic E-state index is 0.248. The van der Waals surface area contributed by atoms with E-state index in [0.29, 0.717) is 11.7 Å². The first-order valence-corrected chi connectivity index (χ1v) is 6.77. The van der Waals surface area contributed by atoms with Crippen molar-refractivity contribution in [2.24, 2.45) is 0 Å². The van der Waals surface area contributed by atoms with Crippen LogP contribution in [0.25, 0.3) is 0 Å². The van der Waals surface area contributed by atoms with Crippen LogP contribution in [0.4, 0.5) is 0 Å². The van der Waals surface area contributed by atoms with Crippen LogP contribution in [0.1, 0.15) is 36.3 Å². The molecule has 1 aromatic rings. The van der Waals surface area contributed by atoms with Crippen molar-refractivity contribution < 1.29 is 14.6 Å². The summed E-state index contributed by atoms with van der Waals surface area (Å²) in [5, 5.41) is 9.14. The lowest BCUT2D eigenvalue weighted by Gasteiger charge is -2.34. The van der Waals surface area contributed by atoms with E-state index in [1.807, 2.05) is 16.8 Å². The lowest BCUT2D eigenvalue weighted by Crippen LogP contribution is -2.39. The van der Waals surface area contributed by atoms with Gasteiger partial charge in [0.1, 0.15) is 5.69 Å². The van der Waals surface area contributed by atoms with E-state index in [9.17, 15) is 4.79 Å². The SMILES string of the molecule is COC(C)CN1CCC(n2cccc2C(=O)O)CC1. The Morgan fingerprint density at radius 1 is 1.53 bits per heavy atom. The van der Waals surface area contributed by atoms with Gasteiger partial charge in [0.2, 0.25) is 0 Å². The van der Waals surface area contributed by atoms with E-state index in [4.69, 9.17) is 9.84 Å². The lowest BCUT2D eigenvalue weighted by atomic mass is 10.0. The van der Waals surface area contributed by atoms with Gasteiger partial charge in [-0.3, -0.25) is 0 Å². The highest BCUT2D eigenvalue weighted by atomic mass is 16.5. The molecule has 1 fully saturated rings. The fourth-order valence-corrected chi connectivity index (χ4v) is 2.71. The summed E-state index contributed by atoms with van der Waals surface area (Å²) in [6.07, 6.45) is 4.11. The molecule has 106 valence electrons. The van der Waals surface area contributed by atoms with Crippen LogP contribution in [-0.2, 0) is 4.74 Å². The number of aromatic nitrogens is 1. The van der Waals surface area contributed by atoms with Gasteiger partial charge in [-0.05, 0) is 31.9 Å². The van der Waals surface area contributed by atoms with E-state index in [1.165, 1.54) is 0 Å². The van der Waals surface area contributed by atoms with Gasteiger partial charge in [-0.2, -0.15) is 0 Å². The Morgan fingerprint density at radius 3 is 2.79 bits per heavy atom. The maximum Gasteiger partial charge on any atom is 0.352 e. The zero-order valence-electron chi connectivity index (χ0n) is 11.6. The molecule has 0 aliphatic carbocycles. The number of carboxylic acids is 1. The van der Waals surface area contributed by atoms with Gasteiger partial charge in [0.05, 0.1) is 6.10 Å². The van der Waals surface area contributed by atoms with Gasteiger partial charge in [0.15, 0.2) is 0 Å². The average Bonchev–Trinajstić information content (AvgIpc) is 2.89.